The van der Waals surface area contributed by atoms with E-state index in [4.69, 9.17) is 10.5 Å². The zero-order valence-corrected chi connectivity index (χ0v) is 28.0. The average molecular weight is 699 g/mol. The molecule has 51 heavy (non-hydrogen) atoms. The predicted molar refractivity (Wildman–Crippen MR) is 185 cm³/mol. The molecule has 2 saturated heterocycles. The van der Waals surface area contributed by atoms with Crippen molar-refractivity contribution < 1.29 is 28.2 Å². The monoisotopic (exact) mass is 698 g/mol. The van der Waals surface area contributed by atoms with Gasteiger partial charge in [-0.05, 0) is 86.4 Å². The number of aromatic hydroxyl groups is 1. The third-order valence-corrected chi connectivity index (χ3v) is 11.0. The first kappa shape index (κ1) is 33.1. The van der Waals surface area contributed by atoms with Crippen molar-refractivity contribution >= 4 is 23.3 Å². The molecule has 12 nitrogen and oxygen atoms in total. The van der Waals surface area contributed by atoms with Crippen molar-refractivity contribution in [2.45, 2.75) is 74.8 Å². The number of amides is 2. The zero-order valence-electron chi connectivity index (χ0n) is 28.0. The fourth-order valence-corrected chi connectivity index (χ4v) is 8.40. The summed E-state index contributed by atoms with van der Waals surface area (Å²) >= 11 is 0. The number of carbonyl (C=O) groups is 2. The summed E-state index contributed by atoms with van der Waals surface area (Å²) in [5.41, 5.74) is 9.77. The number of alkyl halides is 2. The highest BCUT2D eigenvalue weighted by Gasteiger charge is 2.47. The summed E-state index contributed by atoms with van der Waals surface area (Å²) in [5, 5.41) is 25.2. The smallest absolute Gasteiger partial charge is 0.267 e. The summed E-state index contributed by atoms with van der Waals surface area (Å²) in [6.45, 7) is 1.25. The molecule has 3 fully saturated rings. The van der Waals surface area contributed by atoms with Gasteiger partial charge in [-0.15, -0.1) is 10.2 Å². The first-order valence-electron chi connectivity index (χ1n) is 17.6. The fraction of sp³-hybridized carbons (Fsp3) is 0.432. The van der Waals surface area contributed by atoms with Crippen LogP contribution in [0.15, 0.2) is 60.9 Å². The summed E-state index contributed by atoms with van der Waals surface area (Å²) in [5.74, 6) is -3.31. The number of benzene rings is 2. The molecule has 1 aliphatic carbocycles. The number of nitrogens with one attached hydrogen (secondary N) is 1. The normalized spacial score (nSPS) is 25.2. The molecule has 4 aromatic rings. The van der Waals surface area contributed by atoms with Gasteiger partial charge in [0.15, 0.2) is 5.82 Å². The molecule has 5 heterocycles. The number of nitrogen functional groups attached to an aromatic ring is 1. The maximum atomic E-state index is 15.9. The number of nitrogens with zero attached hydrogens (tertiary/aromatic N) is 6. The molecule has 2 aromatic carbocycles. The predicted octanol–water partition coefficient (Wildman–Crippen LogP) is 4.77. The molecule has 0 spiro atoms. The number of imide groups is 1. The van der Waals surface area contributed by atoms with E-state index in [1.807, 2.05) is 17.0 Å². The quantitative estimate of drug-likeness (QED) is 0.240. The standard InChI is InChI=1S/C37H40F2N8O4/c38-37(39)21-45(15-14-27(37)23-19-41-47(20-23)31-18-28(43-44-35(31)40)26-4-1-2-7-32(26)48)24-10-8-22(9-11-24)25-5-3-6-29-34(25)51-17-16-46(29)30-12-13-33(49)42-36(30)50/h1-7,18-20,22,24,27,30,48H,8-17,21H2,(H2,40,44)(H,42,49,50)/t22?,24?,27-,30-/m1/s1. The molecule has 266 valence electrons. The number of carbonyl (C=O) groups excluding carboxylic acids is 2. The molecule has 8 rings (SSSR count). The lowest BCUT2D eigenvalue weighted by Crippen LogP contribution is -2.54. The maximum Gasteiger partial charge on any atom is 0.267 e. The first-order valence-corrected chi connectivity index (χ1v) is 17.6. The van der Waals surface area contributed by atoms with E-state index in [-0.39, 0.29) is 41.9 Å². The van der Waals surface area contributed by atoms with Gasteiger partial charge in [0.2, 0.25) is 11.8 Å². The van der Waals surface area contributed by atoms with E-state index in [1.165, 1.54) is 10.9 Å². The van der Waals surface area contributed by atoms with Crippen LogP contribution in [0.5, 0.6) is 11.5 Å². The Balaban J connectivity index is 0.922. The number of hydrogen-bond acceptors (Lipinski definition) is 10. The van der Waals surface area contributed by atoms with Crippen molar-refractivity contribution in [1.29, 1.82) is 0 Å². The first-order chi connectivity index (χ1) is 24.7. The molecule has 2 amide bonds. The Kier molecular flexibility index (Phi) is 8.57. The number of phenols is 1. The van der Waals surface area contributed by atoms with Gasteiger partial charge in [-0.25, -0.2) is 13.5 Å². The molecule has 1 saturated carbocycles. The van der Waals surface area contributed by atoms with Gasteiger partial charge in [-0.2, -0.15) is 5.10 Å². The van der Waals surface area contributed by atoms with Crippen LogP contribution in [-0.4, -0.2) is 86.0 Å². The number of anilines is 2. The lowest BCUT2D eigenvalue weighted by molar-refractivity contribution is -0.134. The van der Waals surface area contributed by atoms with Crippen molar-refractivity contribution in [2.75, 3.05) is 36.9 Å². The van der Waals surface area contributed by atoms with E-state index in [1.54, 1.807) is 36.5 Å². The molecule has 4 aliphatic rings. The minimum atomic E-state index is -2.96. The summed E-state index contributed by atoms with van der Waals surface area (Å²) in [6, 6.07) is 14.1. The minimum Gasteiger partial charge on any atom is -0.507 e. The van der Waals surface area contributed by atoms with Gasteiger partial charge in [-0.3, -0.25) is 19.8 Å². The third kappa shape index (κ3) is 6.26. The Bertz CT molecular complexity index is 1960. The van der Waals surface area contributed by atoms with Gasteiger partial charge in [0.25, 0.3) is 5.92 Å². The van der Waals surface area contributed by atoms with Crippen LogP contribution in [0.3, 0.4) is 0 Å². The van der Waals surface area contributed by atoms with Crippen LogP contribution in [0.1, 0.15) is 67.9 Å². The van der Waals surface area contributed by atoms with Gasteiger partial charge in [0, 0.05) is 24.2 Å². The van der Waals surface area contributed by atoms with E-state index in [0.29, 0.717) is 61.5 Å². The zero-order chi connectivity index (χ0) is 35.3. The topological polar surface area (TPSA) is 152 Å². The SMILES string of the molecule is Nc1nnc(-c2ccccc2O)cc1-n1cc([C@H]2CCN(C3CCC(c4cccc5c4OCCN5[C@@H]4CCC(=O)NC4=O)CC3)CC2(F)F)cn1. The van der Waals surface area contributed by atoms with E-state index in [2.05, 4.69) is 31.6 Å². The average Bonchev–Trinajstić information content (AvgIpc) is 3.61. The van der Waals surface area contributed by atoms with E-state index in [9.17, 15) is 14.7 Å². The Hall–Kier alpha value is -5.11. The van der Waals surface area contributed by atoms with Gasteiger partial charge in [-0.1, -0.05) is 24.3 Å². The number of fused-ring (bicyclic) bond motifs is 1. The Morgan fingerprint density at radius 3 is 2.57 bits per heavy atom. The second kappa shape index (κ2) is 13.2. The van der Waals surface area contributed by atoms with Gasteiger partial charge in [0.1, 0.15) is 29.8 Å². The number of piperidine rings is 2. The number of likely N-dealkylation sites (tertiary alicyclic amines) is 1. The molecule has 0 unspecified atom stereocenters. The second-order valence-electron chi connectivity index (χ2n) is 14.0. The lowest BCUT2D eigenvalue weighted by Gasteiger charge is -2.44. The van der Waals surface area contributed by atoms with Gasteiger partial charge in [0.05, 0.1) is 36.6 Å². The summed E-state index contributed by atoms with van der Waals surface area (Å²) in [6.07, 6.45) is 7.46. The molecule has 0 radical (unpaired) electrons. The van der Waals surface area contributed by atoms with Crippen molar-refractivity contribution in [1.82, 2.24) is 30.2 Å². The van der Waals surface area contributed by atoms with Crippen molar-refractivity contribution in [3.63, 3.8) is 0 Å². The highest BCUT2D eigenvalue weighted by atomic mass is 19.3. The van der Waals surface area contributed by atoms with Gasteiger partial charge < -0.3 is 20.5 Å². The van der Waals surface area contributed by atoms with Gasteiger partial charge >= 0.3 is 0 Å². The molecule has 2 aromatic heterocycles. The Morgan fingerprint density at radius 1 is 0.961 bits per heavy atom. The number of halogens is 2. The maximum absolute atomic E-state index is 15.9. The number of hydrogen-bond donors (Lipinski definition) is 3. The summed E-state index contributed by atoms with van der Waals surface area (Å²) < 4.78 is 39.5. The fourth-order valence-electron chi connectivity index (χ4n) is 8.40. The largest absolute Gasteiger partial charge is 0.507 e. The van der Waals surface area contributed by atoms with Crippen LogP contribution in [-0.2, 0) is 9.59 Å². The number of ether oxygens (including phenoxy) is 1. The van der Waals surface area contributed by atoms with Crippen molar-refractivity contribution in [3.8, 4) is 28.4 Å². The van der Waals surface area contributed by atoms with Crippen LogP contribution < -0.4 is 20.7 Å². The number of para-hydroxylation sites is 2. The van der Waals surface area contributed by atoms with Crippen LogP contribution >= 0.6 is 0 Å². The highest BCUT2D eigenvalue weighted by Crippen LogP contribution is 2.47. The Morgan fingerprint density at radius 2 is 1.78 bits per heavy atom. The Labute approximate surface area is 293 Å². The number of rotatable bonds is 6. The number of aromatic nitrogens is 4. The lowest BCUT2D eigenvalue weighted by atomic mass is 9.79. The highest BCUT2D eigenvalue weighted by molar-refractivity contribution is 6.02. The van der Waals surface area contributed by atoms with Crippen LogP contribution in [0.25, 0.3) is 16.9 Å². The molecular weight excluding hydrogens is 658 g/mol. The molecule has 14 heteroatoms. The second-order valence-corrected chi connectivity index (χ2v) is 14.0. The van der Waals surface area contributed by atoms with Crippen LogP contribution in [0.2, 0.25) is 0 Å². The van der Waals surface area contributed by atoms with Crippen LogP contribution in [0, 0.1) is 0 Å². The van der Waals surface area contributed by atoms with E-state index >= 15 is 8.78 Å². The van der Waals surface area contributed by atoms with Crippen molar-refractivity contribution in [2.24, 2.45) is 0 Å². The third-order valence-electron chi connectivity index (χ3n) is 11.0. The molecule has 0 bridgehead atoms. The number of phenolic OH excluding ortho intramolecular Hbond substituents is 1. The molecule has 2 atom stereocenters. The molecular formula is C37H40F2N8O4. The molecule has 4 N–H and O–H groups in total. The van der Waals surface area contributed by atoms with Crippen molar-refractivity contribution in [3.05, 3.63) is 72.1 Å². The van der Waals surface area contributed by atoms with Crippen LogP contribution in [0.4, 0.5) is 20.3 Å². The summed E-state index contributed by atoms with van der Waals surface area (Å²) in [4.78, 5) is 28.4. The summed E-state index contributed by atoms with van der Waals surface area (Å²) in [7, 11) is 0. The van der Waals surface area contributed by atoms with E-state index < -0.39 is 17.9 Å². The minimum absolute atomic E-state index is 0.0370. The van der Waals surface area contributed by atoms with E-state index in [0.717, 1.165) is 42.7 Å². The molecule has 3 aliphatic heterocycles. The number of nitrogens with two attached hydrogens (primary N) is 1.